The molecule has 110 valence electrons. The van der Waals surface area contributed by atoms with Gasteiger partial charge in [-0.2, -0.15) is 0 Å². The summed E-state index contributed by atoms with van der Waals surface area (Å²) in [4.78, 5) is 14.0. The van der Waals surface area contributed by atoms with E-state index in [1.54, 1.807) is 4.90 Å². The number of nitrogens with zero attached hydrogens (tertiary/aromatic N) is 1. The normalized spacial score (nSPS) is 21.4. The minimum Gasteiger partial charge on any atom is -0.444 e. The van der Waals surface area contributed by atoms with Crippen molar-refractivity contribution in [3.63, 3.8) is 0 Å². The maximum atomic E-state index is 12.3. The van der Waals surface area contributed by atoms with Crippen LogP contribution in [0.2, 0.25) is 0 Å². The third-order valence-electron chi connectivity index (χ3n) is 2.98. The first kappa shape index (κ1) is 15.6. The van der Waals surface area contributed by atoms with Crippen LogP contribution in [0.15, 0.2) is 28.7 Å². The summed E-state index contributed by atoms with van der Waals surface area (Å²) in [5.41, 5.74) is 0.570. The highest BCUT2D eigenvalue weighted by Gasteiger charge is 2.44. The van der Waals surface area contributed by atoms with E-state index in [1.807, 2.05) is 45.0 Å². The molecule has 0 N–H and O–H groups in total. The van der Waals surface area contributed by atoms with Crippen molar-refractivity contribution in [3.8, 4) is 0 Å². The first-order valence-electron chi connectivity index (χ1n) is 6.64. The molecule has 0 spiro atoms. The number of amides is 1. The lowest BCUT2D eigenvalue weighted by atomic mass is 10.2. The van der Waals surface area contributed by atoms with Crippen molar-refractivity contribution in [2.75, 3.05) is 0 Å². The van der Waals surface area contributed by atoms with Gasteiger partial charge in [0.05, 0.1) is 11.4 Å². The SMILES string of the molecule is CC(C)(C)OC(=O)N(Cc1ccc(Br)cc1)C1CC1Cl. The second-order valence-corrected chi connectivity index (χ2v) is 7.53. The average molecular weight is 361 g/mol. The minimum atomic E-state index is -0.494. The maximum absolute atomic E-state index is 12.3. The van der Waals surface area contributed by atoms with Crippen LogP contribution in [-0.4, -0.2) is 28.0 Å². The van der Waals surface area contributed by atoms with E-state index in [0.717, 1.165) is 16.5 Å². The molecule has 1 amide bonds. The predicted octanol–water partition coefficient (Wildman–Crippen LogP) is 4.57. The third-order valence-corrected chi connectivity index (χ3v) is 3.97. The van der Waals surface area contributed by atoms with Gasteiger partial charge in [0.15, 0.2) is 0 Å². The van der Waals surface area contributed by atoms with Crippen LogP contribution in [-0.2, 0) is 11.3 Å². The topological polar surface area (TPSA) is 29.5 Å². The van der Waals surface area contributed by atoms with Crippen molar-refractivity contribution >= 4 is 33.6 Å². The van der Waals surface area contributed by atoms with Gasteiger partial charge in [0, 0.05) is 11.0 Å². The summed E-state index contributed by atoms with van der Waals surface area (Å²) in [6.45, 7) is 6.13. The standard InChI is InChI=1S/C15H19BrClNO2/c1-15(2,3)20-14(19)18(13-8-12(13)17)9-10-4-6-11(16)7-5-10/h4-7,12-13H,8-9H2,1-3H3. The zero-order valence-electron chi connectivity index (χ0n) is 11.9. The lowest BCUT2D eigenvalue weighted by Gasteiger charge is -2.27. The molecule has 0 heterocycles. The molecule has 1 fully saturated rings. The third kappa shape index (κ3) is 4.38. The minimum absolute atomic E-state index is 0.0398. The van der Waals surface area contributed by atoms with Crippen LogP contribution in [0.5, 0.6) is 0 Å². The van der Waals surface area contributed by atoms with Crippen LogP contribution in [0.3, 0.4) is 0 Å². The molecular weight excluding hydrogens is 342 g/mol. The monoisotopic (exact) mass is 359 g/mol. The number of hydrogen-bond donors (Lipinski definition) is 0. The van der Waals surface area contributed by atoms with Crippen molar-refractivity contribution in [1.29, 1.82) is 0 Å². The number of carbonyl (C=O) groups excluding carboxylic acids is 1. The smallest absolute Gasteiger partial charge is 0.410 e. The summed E-state index contributed by atoms with van der Waals surface area (Å²) < 4.78 is 6.48. The Hall–Kier alpha value is -0.740. The Balaban J connectivity index is 2.08. The van der Waals surface area contributed by atoms with Gasteiger partial charge in [0.2, 0.25) is 0 Å². The molecule has 0 saturated heterocycles. The first-order valence-corrected chi connectivity index (χ1v) is 7.87. The molecule has 0 aromatic heterocycles. The van der Waals surface area contributed by atoms with E-state index >= 15 is 0 Å². The van der Waals surface area contributed by atoms with Gasteiger partial charge in [0.1, 0.15) is 5.60 Å². The van der Waals surface area contributed by atoms with Gasteiger partial charge >= 0.3 is 6.09 Å². The molecule has 2 atom stereocenters. The number of halogens is 2. The predicted molar refractivity (Wildman–Crippen MR) is 84.0 cm³/mol. The Morgan fingerprint density at radius 3 is 2.40 bits per heavy atom. The molecule has 1 aromatic carbocycles. The second-order valence-electron chi connectivity index (χ2n) is 6.05. The van der Waals surface area contributed by atoms with Gasteiger partial charge in [-0.15, -0.1) is 11.6 Å². The molecule has 2 rings (SSSR count). The zero-order chi connectivity index (χ0) is 14.9. The number of rotatable bonds is 3. The highest BCUT2D eigenvalue weighted by atomic mass is 79.9. The Kier molecular flexibility index (Phi) is 4.65. The zero-order valence-corrected chi connectivity index (χ0v) is 14.2. The van der Waals surface area contributed by atoms with Crippen LogP contribution in [0.25, 0.3) is 0 Å². The molecule has 1 aliphatic rings. The Morgan fingerprint density at radius 1 is 1.40 bits per heavy atom. The van der Waals surface area contributed by atoms with Crippen LogP contribution < -0.4 is 0 Å². The molecule has 0 bridgehead atoms. The van der Waals surface area contributed by atoms with Gasteiger partial charge < -0.3 is 4.74 Å². The van der Waals surface area contributed by atoms with Gasteiger partial charge in [-0.25, -0.2) is 4.79 Å². The fourth-order valence-corrected chi connectivity index (χ4v) is 2.48. The molecule has 1 aliphatic carbocycles. The van der Waals surface area contributed by atoms with Crippen molar-refractivity contribution in [2.45, 2.75) is 50.8 Å². The molecule has 20 heavy (non-hydrogen) atoms. The van der Waals surface area contributed by atoms with E-state index in [2.05, 4.69) is 15.9 Å². The van der Waals surface area contributed by atoms with Crippen LogP contribution >= 0.6 is 27.5 Å². The molecule has 2 unspecified atom stereocenters. The summed E-state index contributed by atoms with van der Waals surface area (Å²) in [6.07, 6.45) is 0.533. The second kappa shape index (κ2) is 5.94. The summed E-state index contributed by atoms with van der Waals surface area (Å²) in [5, 5.41) is 0.0398. The Morgan fingerprint density at radius 2 is 1.95 bits per heavy atom. The largest absolute Gasteiger partial charge is 0.444 e. The number of alkyl halides is 1. The molecule has 0 radical (unpaired) electrons. The maximum Gasteiger partial charge on any atom is 0.410 e. The number of benzene rings is 1. The van der Waals surface area contributed by atoms with E-state index in [-0.39, 0.29) is 17.5 Å². The van der Waals surface area contributed by atoms with Crippen molar-refractivity contribution < 1.29 is 9.53 Å². The Labute approximate surface area is 133 Å². The van der Waals surface area contributed by atoms with Crippen molar-refractivity contribution in [3.05, 3.63) is 34.3 Å². The molecule has 1 saturated carbocycles. The van der Waals surface area contributed by atoms with Gasteiger partial charge in [-0.3, -0.25) is 4.90 Å². The van der Waals surface area contributed by atoms with E-state index < -0.39 is 5.60 Å². The quantitative estimate of drug-likeness (QED) is 0.739. The van der Waals surface area contributed by atoms with Gasteiger partial charge in [0.25, 0.3) is 0 Å². The highest BCUT2D eigenvalue weighted by molar-refractivity contribution is 9.10. The van der Waals surface area contributed by atoms with E-state index in [9.17, 15) is 4.79 Å². The van der Waals surface area contributed by atoms with Gasteiger partial charge in [-0.1, -0.05) is 28.1 Å². The van der Waals surface area contributed by atoms with E-state index in [4.69, 9.17) is 16.3 Å². The fraction of sp³-hybridized carbons (Fsp3) is 0.533. The summed E-state index contributed by atoms with van der Waals surface area (Å²) in [6, 6.07) is 8.00. The number of carbonyl (C=O) groups is 1. The van der Waals surface area contributed by atoms with Gasteiger partial charge in [-0.05, 0) is 44.9 Å². The van der Waals surface area contributed by atoms with Crippen LogP contribution in [0.1, 0.15) is 32.8 Å². The van der Waals surface area contributed by atoms with Crippen molar-refractivity contribution in [1.82, 2.24) is 4.90 Å². The summed E-state index contributed by atoms with van der Waals surface area (Å²) in [5.74, 6) is 0. The van der Waals surface area contributed by atoms with Crippen LogP contribution in [0, 0.1) is 0 Å². The molecular formula is C15H19BrClNO2. The Bertz CT molecular complexity index is 484. The van der Waals surface area contributed by atoms with E-state index in [0.29, 0.717) is 6.54 Å². The highest BCUT2D eigenvalue weighted by Crippen LogP contribution is 2.35. The fourth-order valence-electron chi connectivity index (χ4n) is 1.90. The van der Waals surface area contributed by atoms with Crippen molar-refractivity contribution in [2.24, 2.45) is 0 Å². The molecule has 5 heteroatoms. The molecule has 1 aromatic rings. The molecule has 3 nitrogen and oxygen atoms in total. The molecule has 0 aliphatic heterocycles. The number of ether oxygens (including phenoxy) is 1. The summed E-state index contributed by atoms with van der Waals surface area (Å²) in [7, 11) is 0. The average Bonchev–Trinajstić information content (AvgIpc) is 3.03. The van der Waals surface area contributed by atoms with E-state index in [1.165, 1.54) is 0 Å². The number of hydrogen-bond acceptors (Lipinski definition) is 2. The lowest BCUT2D eigenvalue weighted by molar-refractivity contribution is 0.0217. The van der Waals surface area contributed by atoms with Crippen LogP contribution in [0.4, 0.5) is 4.79 Å². The summed E-state index contributed by atoms with van der Waals surface area (Å²) >= 11 is 9.50. The first-order chi connectivity index (χ1) is 9.26. The lowest BCUT2D eigenvalue weighted by Crippen LogP contribution is -2.38.